The number of likely N-dealkylation sites (N-methyl/N-ethyl adjacent to an activating group) is 1. The summed E-state index contributed by atoms with van der Waals surface area (Å²) in [7, 11) is 1.98. The molecule has 1 atom stereocenters. The SMILES string of the molecule is CNCC1CCc2cnc(=S)[nH]c21. The summed E-state index contributed by atoms with van der Waals surface area (Å²) in [5, 5.41) is 3.20. The number of H-pyrrole nitrogens is 1. The molecule has 0 aliphatic heterocycles. The Bertz CT molecular complexity index is 356. The highest BCUT2D eigenvalue weighted by Gasteiger charge is 2.22. The molecule has 0 fully saturated rings. The second-order valence-electron chi connectivity index (χ2n) is 3.42. The Morgan fingerprint density at radius 3 is 3.38 bits per heavy atom. The van der Waals surface area contributed by atoms with Crippen LogP contribution in [0.15, 0.2) is 6.20 Å². The van der Waals surface area contributed by atoms with Gasteiger partial charge in [0.1, 0.15) is 0 Å². The van der Waals surface area contributed by atoms with Gasteiger partial charge in [-0.2, -0.15) is 0 Å². The molecule has 2 N–H and O–H groups in total. The minimum Gasteiger partial charge on any atom is -0.334 e. The highest BCUT2D eigenvalue weighted by Crippen LogP contribution is 2.29. The van der Waals surface area contributed by atoms with Crippen LogP contribution in [-0.2, 0) is 6.42 Å². The number of hydrogen-bond donors (Lipinski definition) is 2. The number of aryl methyl sites for hydroxylation is 1. The lowest BCUT2D eigenvalue weighted by Gasteiger charge is -2.09. The molecule has 3 nitrogen and oxygen atoms in total. The van der Waals surface area contributed by atoms with E-state index in [0.717, 1.165) is 13.0 Å². The van der Waals surface area contributed by atoms with Crippen molar-refractivity contribution in [2.75, 3.05) is 13.6 Å². The van der Waals surface area contributed by atoms with E-state index < -0.39 is 0 Å². The zero-order valence-corrected chi connectivity index (χ0v) is 8.45. The topological polar surface area (TPSA) is 40.7 Å². The molecule has 0 radical (unpaired) electrons. The van der Waals surface area contributed by atoms with Crippen molar-refractivity contribution in [1.29, 1.82) is 0 Å². The molecule has 1 aromatic rings. The predicted octanol–water partition coefficient (Wildman–Crippen LogP) is 1.39. The maximum absolute atomic E-state index is 5.00. The zero-order valence-electron chi connectivity index (χ0n) is 7.63. The zero-order chi connectivity index (χ0) is 9.26. The molecule has 1 aliphatic carbocycles. The van der Waals surface area contributed by atoms with Crippen LogP contribution >= 0.6 is 12.2 Å². The minimum absolute atomic E-state index is 0.588. The average Bonchev–Trinajstić information content (AvgIpc) is 2.49. The smallest absolute Gasteiger partial charge is 0.196 e. The van der Waals surface area contributed by atoms with Crippen molar-refractivity contribution in [2.24, 2.45) is 0 Å². The maximum Gasteiger partial charge on any atom is 0.196 e. The number of aromatic nitrogens is 2. The number of nitrogens with zero attached hydrogens (tertiary/aromatic N) is 1. The summed E-state index contributed by atoms with van der Waals surface area (Å²) in [6.07, 6.45) is 4.23. The fourth-order valence-electron chi connectivity index (χ4n) is 1.92. The van der Waals surface area contributed by atoms with Crippen molar-refractivity contribution in [3.63, 3.8) is 0 Å². The molecule has 0 aromatic carbocycles. The summed E-state index contributed by atoms with van der Waals surface area (Å²) in [6, 6.07) is 0. The van der Waals surface area contributed by atoms with Gasteiger partial charge >= 0.3 is 0 Å². The molecule has 1 aliphatic rings. The number of aromatic amines is 1. The van der Waals surface area contributed by atoms with Crippen molar-refractivity contribution in [1.82, 2.24) is 15.3 Å². The van der Waals surface area contributed by atoms with Gasteiger partial charge in [0, 0.05) is 24.4 Å². The molecule has 0 bridgehead atoms. The molecule has 4 heteroatoms. The Morgan fingerprint density at radius 2 is 2.62 bits per heavy atom. The van der Waals surface area contributed by atoms with E-state index in [-0.39, 0.29) is 0 Å². The fourth-order valence-corrected chi connectivity index (χ4v) is 2.08. The van der Waals surface area contributed by atoms with E-state index in [1.807, 2.05) is 13.2 Å². The van der Waals surface area contributed by atoms with Crippen LogP contribution in [0.2, 0.25) is 0 Å². The van der Waals surface area contributed by atoms with Gasteiger partial charge in [0.05, 0.1) is 0 Å². The summed E-state index contributed by atoms with van der Waals surface area (Å²) in [5.41, 5.74) is 2.61. The lowest BCUT2D eigenvalue weighted by atomic mass is 10.1. The first-order chi connectivity index (χ1) is 6.31. The highest BCUT2D eigenvalue weighted by atomic mass is 32.1. The second kappa shape index (κ2) is 3.55. The quantitative estimate of drug-likeness (QED) is 0.701. The number of rotatable bonds is 2. The standard InChI is InChI=1S/C9H13N3S/c1-10-4-6-2-3-7-5-11-9(13)12-8(6)7/h5-6,10H,2-4H2,1H3,(H,11,12,13). The van der Waals surface area contributed by atoms with Crippen LogP contribution in [0.25, 0.3) is 0 Å². The Kier molecular flexibility index (Phi) is 2.42. The summed E-state index contributed by atoms with van der Waals surface area (Å²) < 4.78 is 0.599. The Hall–Kier alpha value is -0.740. The van der Waals surface area contributed by atoms with Gasteiger partial charge in [0.15, 0.2) is 4.77 Å². The number of hydrogen-bond acceptors (Lipinski definition) is 3. The van der Waals surface area contributed by atoms with E-state index in [4.69, 9.17) is 12.2 Å². The van der Waals surface area contributed by atoms with Gasteiger partial charge in [-0.1, -0.05) is 0 Å². The molecule has 0 saturated heterocycles. The Balaban J connectivity index is 2.35. The lowest BCUT2D eigenvalue weighted by Crippen LogP contribution is -2.16. The largest absolute Gasteiger partial charge is 0.334 e. The fraction of sp³-hybridized carbons (Fsp3) is 0.556. The third-order valence-corrected chi connectivity index (χ3v) is 2.75. The normalized spacial score (nSPS) is 20.2. The maximum atomic E-state index is 5.00. The lowest BCUT2D eigenvalue weighted by molar-refractivity contribution is 0.612. The van der Waals surface area contributed by atoms with Crippen LogP contribution in [0.5, 0.6) is 0 Å². The van der Waals surface area contributed by atoms with Crippen LogP contribution in [0.4, 0.5) is 0 Å². The molecule has 0 saturated carbocycles. The van der Waals surface area contributed by atoms with Gasteiger partial charge in [-0.15, -0.1) is 0 Å². The van der Waals surface area contributed by atoms with E-state index in [0.29, 0.717) is 10.7 Å². The van der Waals surface area contributed by atoms with E-state index in [9.17, 15) is 0 Å². The molecule has 0 spiro atoms. The molecule has 1 heterocycles. The average molecular weight is 195 g/mol. The Morgan fingerprint density at radius 1 is 1.77 bits per heavy atom. The first-order valence-electron chi connectivity index (χ1n) is 4.54. The summed E-state index contributed by atoms with van der Waals surface area (Å²) in [5.74, 6) is 0.588. The molecule has 1 aromatic heterocycles. The third-order valence-electron chi connectivity index (χ3n) is 2.55. The van der Waals surface area contributed by atoms with E-state index >= 15 is 0 Å². The number of fused-ring (bicyclic) bond motifs is 1. The first-order valence-corrected chi connectivity index (χ1v) is 4.95. The van der Waals surface area contributed by atoms with E-state index in [1.54, 1.807) is 0 Å². The van der Waals surface area contributed by atoms with Gasteiger partial charge in [-0.25, -0.2) is 4.98 Å². The van der Waals surface area contributed by atoms with Crippen LogP contribution in [-0.4, -0.2) is 23.6 Å². The van der Waals surface area contributed by atoms with Gasteiger partial charge < -0.3 is 10.3 Å². The van der Waals surface area contributed by atoms with Crippen molar-refractivity contribution >= 4 is 12.2 Å². The first kappa shape index (κ1) is 8.84. The van der Waals surface area contributed by atoms with E-state index in [2.05, 4.69) is 15.3 Å². The van der Waals surface area contributed by atoms with Crippen LogP contribution in [0.1, 0.15) is 23.6 Å². The van der Waals surface area contributed by atoms with Crippen molar-refractivity contribution in [3.8, 4) is 0 Å². The molecular weight excluding hydrogens is 182 g/mol. The predicted molar refractivity (Wildman–Crippen MR) is 54.4 cm³/mol. The molecule has 2 rings (SSSR count). The van der Waals surface area contributed by atoms with Crippen LogP contribution in [0.3, 0.4) is 0 Å². The molecule has 0 amide bonds. The summed E-state index contributed by atoms with van der Waals surface area (Å²) in [4.78, 5) is 7.27. The van der Waals surface area contributed by atoms with Gasteiger partial charge in [-0.3, -0.25) is 0 Å². The minimum atomic E-state index is 0.588. The van der Waals surface area contributed by atoms with Gasteiger partial charge in [-0.05, 0) is 37.7 Å². The second-order valence-corrected chi connectivity index (χ2v) is 3.81. The highest BCUT2D eigenvalue weighted by molar-refractivity contribution is 7.71. The molecule has 1 unspecified atom stereocenters. The molecule has 13 heavy (non-hydrogen) atoms. The summed E-state index contributed by atoms with van der Waals surface area (Å²) in [6.45, 7) is 1.02. The van der Waals surface area contributed by atoms with Crippen molar-refractivity contribution in [3.05, 3.63) is 22.2 Å². The Labute approximate surface area is 82.6 Å². The van der Waals surface area contributed by atoms with Gasteiger partial charge in [0.25, 0.3) is 0 Å². The third kappa shape index (κ3) is 1.64. The summed E-state index contributed by atoms with van der Waals surface area (Å²) >= 11 is 5.00. The van der Waals surface area contributed by atoms with Crippen molar-refractivity contribution in [2.45, 2.75) is 18.8 Å². The molecule has 70 valence electrons. The van der Waals surface area contributed by atoms with Gasteiger partial charge in [0.2, 0.25) is 0 Å². The molecular formula is C9H13N3S. The number of nitrogens with one attached hydrogen (secondary N) is 2. The van der Waals surface area contributed by atoms with E-state index in [1.165, 1.54) is 17.7 Å². The monoisotopic (exact) mass is 195 g/mol. The van der Waals surface area contributed by atoms with Crippen molar-refractivity contribution < 1.29 is 0 Å². The van der Waals surface area contributed by atoms with Crippen LogP contribution in [0, 0.1) is 4.77 Å². The van der Waals surface area contributed by atoms with Crippen LogP contribution < -0.4 is 5.32 Å².